The molecule has 6 nitrogen and oxygen atoms in total. The summed E-state index contributed by atoms with van der Waals surface area (Å²) in [7, 11) is 0. The fraction of sp³-hybridized carbons (Fsp3) is 0.455. The van der Waals surface area contributed by atoms with Gasteiger partial charge in [-0.1, -0.05) is 5.92 Å². The molecule has 1 aromatic heterocycles. The van der Waals surface area contributed by atoms with E-state index in [0.717, 1.165) is 10.8 Å². The van der Waals surface area contributed by atoms with Gasteiger partial charge in [0, 0.05) is 6.20 Å². The third-order valence-corrected chi connectivity index (χ3v) is 3.33. The van der Waals surface area contributed by atoms with Gasteiger partial charge in [-0.25, -0.2) is 8.78 Å². The molecule has 4 atom stereocenters. The average Bonchev–Trinajstić information content (AvgIpc) is 2.67. The van der Waals surface area contributed by atoms with E-state index in [9.17, 15) is 13.9 Å². The van der Waals surface area contributed by atoms with Crippen LogP contribution < -0.4 is 5.73 Å². The Bertz CT molecular complexity index is 632. The van der Waals surface area contributed by atoms with Crippen molar-refractivity contribution in [2.24, 2.45) is 0 Å². The van der Waals surface area contributed by atoms with Gasteiger partial charge in [0.2, 0.25) is 10.4 Å². The molecule has 108 valence electrons. The average molecular weight is 303 g/mol. The number of nitrogens with zero attached hydrogens (tertiary/aromatic N) is 2. The number of aliphatic hydroxyl groups is 2. The van der Waals surface area contributed by atoms with Crippen molar-refractivity contribution >= 4 is 18.0 Å². The molecule has 20 heavy (non-hydrogen) atoms. The minimum atomic E-state index is -2.41. The van der Waals surface area contributed by atoms with E-state index in [-0.39, 0.29) is 4.77 Å². The first-order chi connectivity index (χ1) is 9.35. The van der Waals surface area contributed by atoms with E-state index in [4.69, 9.17) is 34.2 Å². The van der Waals surface area contributed by atoms with Crippen molar-refractivity contribution in [3.63, 3.8) is 0 Å². The number of anilines is 1. The second-order valence-corrected chi connectivity index (χ2v) is 4.61. The zero-order chi connectivity index (χ0) is 15.1. The number of alkyl halides is 1. The number of halogens is 2. The number of hydrogen-bond acceptors (Lipinski definition) is 6. The van der Waals surface area contributed by atoms with Crippen LogP contribution in [-0.2, 0) is 4.74 Å². The van der Waals surface area contributed by atoms with Gasteiger partial charge in [0.15, 0.2) is 24.0 Å². The van der Waals surface area contributed by atoms with Crippen LogP contribution in [0.3, 0.4) is 0 Å². The van der Waals surface area contributed by atoms with Gasteiger partial charge in [0.05, 0.1) is 6.61 Å². The first-order valence-electron chi connectivity index (χ1n) is 5.49. The van der Waals surface area contributed by atoms with Gasteiger partial charge in [-0.2, -0.15) is 4.98 Å². The summed E-state index contributed by atoms with van der Waals surface area (Å²) < 4.78 is 33.2. The van der Waals surface area contributed by atoms with E-state index < -0.39 is 42.3 Å². The van der Waals surface area contributed by atoms with Crippen LogP contribution in [0, 0.1) is 22.9 Å². The zero-order valence-corrected chi connectivity index (χ0v) is 10.8. The maximum absolute atomic E-state index is 14.0. The molecule has 0 radical (unpaired) electrons. The van der Waals surface area contributed by atoms with E-state index in [0.29, 0.717) is 0 Å². The summed E-state index contributed by atoms with van der Waals surface area (Å²) >= 11 is 4.86. The SMILES string of the molecule is C#C[C@@]1(O)C(F)[C@@H](CO)O[C@H]1n1cc(F)c(N)nc1=S. The summed E-state index contributed by atoms with van der Waals surface area (Å²) in [5.41, 5.74) is 2.84. The molecule has 9 heteroatoms. The van der Waals surface area contributed by atoms with Gasteiger partial charge >= 0.3 is 0 Å². The van der Waals surface area contributed by atoms with Gasteiger partial charge in [0.25, 0.3) is 0 Å². The smallest absolute Gasteiger partial charge is 0.204 e. The van der Waals surface area contributed by atoms with Gasteiger partial charge in [-0.05, 0) is 12.2 Å². The zero-order valence-electron chi connectivity index (χ0n) is 10.0. The van der Waals surface area contributed by atoms with Crippen LogP contribution in [0.5, 0.6) is 0 Å². The molecule has 0 spiro atoms. The van der Waals surface area contributed by atoms with E-state index >= 15 is 0 Å². The number of rotatable bonds is 2. The Balaban J connectivity index is 2.55. The van der Waals surface area contributed by atoms with Crippen LogP contribution >= 0.6 is 12.2 Å². The largest absolute Gasteiger partial charge is 0.394 e. The number of nitrogen functional groups attached to an aromatic ring is 1. The summed E-state index contributed by atoms with van der Waals surface area (Å²) in [4.78, 5) is 3.53. The number of terminal acetylenes is 1. The molecule has 0 aromatic carbocycles. The van der Waals surface area contributed by atoms with E-state index in [1.54, 1.807) is 0 Å². The second kappa shape index (κ2) is 5.06. The van der Waals surface area contributed by atoms with Gasteiger partial charge < -0.3 is 20.7 Å². The first kappa shape index (κ1) is 14.8. The van der Waals surface area contributed by atoms with Crippen LogP contribution in [0.25, 0.3) is 0 Å². The number of aliphatic hydroxyl groups excluding tert-OH is 1. The maximum Gasteiger partial charge on any atom is 0.204 e. The quantitative estimate of drug-likeness (QED) is 0.523. The lowest BCUT2D eigenvalue weighted by Gasteiger charge is -2.26. The molecule has 1 unspecified atom stereocenters. The van der Waals surface area contributed by atoms with Crippen molar-refractivity contribution < 1.29 is 23.7 Å². The van der Waals surface area contributed by atoms with Crippen molar-refractivity contribution in [3.8, 4) is 12.3 Å². The second-order valence-electron chi connectivity index (χ2n) is 4.24. The Labute approximate surface area is 117 Å². The molecule has 1 saturated heterocycles. The Hall–Kier alpha value is -1.60. The predicted octanol–water partition coefficient (Wildman–Crippen LogP) is -0.0740. The molecular formula is C11H11F2N3O3S. The number of aromatic nitrogens is 2. The van der Waals surface area contributed by atoms with E-state index in [2.05, 4.69) is 4.98 Å². The van der Waals surface area contributed by atoms with Crippen LogP contribution in [0.15, 0.2) is 6.20 Å². The highest BCUT2D eigenvalue weighted by Gasteiger charge is 2.56. The third kappa shape index (κ3) is 2.06. The lowest BCUT2D eigenvalue weighted by molar-refractivity contribution is -0.0742. The van der Waals surface area contributed by atoms with Crippen molar-refractivity contribution in [1.82, 2.24) is 9.55 Å². The summed E-state index contributed by atoms with van der Waals surface area (Å²) in [5.74, 6) is 0.493. The monoisotopic (exact) mass is 303 g/mol. The highest BCUT2D eigenvalue weighted by Crippen LogP contribution is 2.40. The van der Waals surface area contributed by atoms with Crippen molar-refractivity contribution in [2.45, 2.75) is 24.1 Å². The molecule has 1 aromatic rings. The maximum atomic E-state index is 14.0. The highest BCUT2D eigenvalue weighted by molar-refractivity contribution is 7.71. The number of ether oxygens (including phenoxy) is 1. The first-order valence-corrected chi connectivity index (χ1v) is 5.90. The lowest BCUT2D eigenvalue weighted by Crippen LogP contribution is -2.43. The predicted molar refractivity (Wildman–Crippen MR) is 67.1 cm³/mol. The number of nitrogens with two attached hydrogens (primary N) is 1. The molecular weight excluding hydrogens is 292 g/mol. The Morgan fingerprint density at radius 2 is 2.35 bits per heavy atom. The Morgan fingerprint density at radius 3 is 2.90 bits per heavy atom. The summed E-state index contributed by atoms with van der Waals surface area (Å²) in [5, 5.41) is 19.2. The fourth-order valence-electron chi connectivity index (χ4n) is 1.95. The van der Waals surface area contributed by atoms with Gasteiger partial charge in [-0.3, -0.25) is 4.57 Å². The standard InChI is InChI=1S/C11H11F2N3O3S/c1-2-11(18)7(13)6(4-17)19-9(11)16-3-5(12)8(14)15-10(16)20/h1,3,6-7,9,17-18H,4H2,(H2,14,15,20)/t6-,7?,9-,11-/m1/s1. The molecule has 0 saturated carbocycles. The molecule has 1 aliphatic rings. The number of hydrogen-bond donors (Lipinski definition) is 3. The molecule has 1 aliphatic heterocycles. The third-order valence-electron chi connectivity index (χ3n) is 3.02. The molecule has 2 heterocycles. The topological polar surface area (TPSA) is 93.5 Å². The summed E-state index contributed by atoms with van der Waals surface area (Å²) in [6.07, 6.45) is 1.00. The summed E-state index contributed by atoms with van der Waals surface area (Å²) in [6, 6.07) is 0. The normalized spacial score (nSPS) is 33.0. The highest BCUT2D eigenvalue weighted by atomic mass is 32.1. The van der Waals surface area contributed by atoms with E-state index in [1.807, 2.05) is 5.92 Å². The fourth-order valence-corrected chi connectivity index (χ4v) is 2.19. The van der Waals surface area contributed by atoms with Gasteiger partial charge in [-0.15, -0.1) is 6.42 Å². The van der Waals surface area contributed by atoms with Crippen molar-refractivity contribution in [1.29, 1.82) is 0 Å². The van der Waals surface area contributed by atoms with Crippen LogP contribution in [-0.4, -0.2) is 44.2 Å². The van der Waals surface area contributed by atoms with E-state index in [1.165, 1.54) is 0 Å². The minimum absolute atomic E-state index is 0.242. The molecule has 0 amide bonds. The van der Waals surface area contributed by atoms with Gasteiger partial charge in [0.1, 0.15) is 6.10 Å². The Morgan fingerprint density at radius 1 is 1.70 bits per heavy atom. The summed E-state index contributed by atoms with van der Waals surface area (Å²) in [6.45, 7) is -0.708. The van der Waals surface area contributed by atoms with Crippen LogP contribution in [0.4, 0.5) is 14.6 Å². The van der Waals surface area contributed by atoms with Crippen molar-refractivity contribution in [3.05, 3.63) is 16.8 Å². The minimum Gasteiger partial charge on any atom is -0.394 e. The lowest BCUT2D eigenvalue weighted by atomic mass is 9.96. The molecule has 2 rings (SSSR count). The molecule has 1 fully saturated rings. The van der Waals surface area contributed by atoms with Crippen LogP contribution in [0.1, 0.15) is 6.23 Å². The molecule has 4 N–H and O–H groups in total. The molecule has 0 bridgehead atoms. The molecule has 0 aliphatic carbocycles. The Kier molecular flexibility index (Phi) is 3.75. The van der Waals surface area contributed by atoms with Crippen LogP contribution in [0.2, 0.25) is 0 Å². The van der Waals surface area contributed by atoms with Crippen molar-refractivity contribution in [2.75, 3.05) is 12.3 Å².